The quantitative estimate of drug-likeness (QED) is 0.765. The molecule has 0 radical (unpaired) electrons. The van der Waals surface area contributed by atoms with Gasteiger partial charge in [0.05, 0.1) is 0 Å². The van der Waals surface area contributed by atoms with E-state index in [1.165, 1.54) is 6.33 Å². The highest BCUT2D eigenvalue weighted by Crippen LogP contribution is 2.31. The van der Waals surface area contributed by atoms with E-state index in [1.807, 2.05) is 19.9 Å². The Hall–Kier alpha value is -1.48. The predicted molar refractivity (Wildman–Crippen MR) is 60.2 cm³/mol. The van der Waals surface area contributed by atoms with Crippen LogP contribution in [0.3, 0.4) is 0 Å². The molecule has 0 fully saturated rings. The fraction of sp³-hybridized carbons (Fsp3) is 0.333. The van der Waals surface area contributed by atoms with Gasteiger partial charge >= 0.3 is 0 Å². The molecule has 80 valence electrons. The molecule has 1 atom stereocenters. The molecule has 0 saturated heterocycles. The summed E-state index contributed by atoms with van der Waals surface area (Å²) in [6.07, 6.45) is 8.88. The third-order valence-electron chi connectivity index (χ3n) is 2.45. The van der Waals surface area contributed by atoms with Gasteiger partial charge in [0.15, 0.2) is 0 Å². The van der Waals surface area contributed by atoms with Crippen molar-refractivity contribution >= 4 is 0 Å². The summed E-state index contributed by atoms with van der Waals surface area (Å²) >= 11 is 0. The maximum absolute atomic E-state index is 10.5. The number of nitrogens with zero attached hydrogens (tertiary/aromatic N) is 2. The van der Waals surface area contributed by atoms with Gasteiger partial charge in [0.2, 0.25) is 0 Å². The first-order chi connectivity index (χ1) is 7.15. The van der Waals surface area contributed by atoms with Crippen molar-refractivity contribution < 1.29 is 5.11 Å². The molecule has 3 heteroatoms. The third kappa shape index (κ3) is 2.30. The Bertz CT molecular complexity index is 359. The predicted octanol–water partition coefficient (Wildman–Crippen LogP) is 2.21. The lowest BCUT2D eigenvalue weighted by Gasteiger charge is -2.27. The molecule has 1 heterocycles. The average molecular weight is 204 g/mol. The summed E-state index contributed by atoms with van der Waals surface area (Å²) < 4.78 is 0. The van der Waals surface area contributed by atoms with Crippen LogP contribution in [0.4, 0.5) is 0 Å². The van der Waals surface area contributed by atoms with Crippen LogP contribution in [0.25, 0.3) is 0 Å². The van der Waals surface area contributed by atoms with Crippen LogP contribution in [-0.2, 0) is 5.60 Å². The summed E-state index contributed by atoms with van der Waals surface area (Å²) in [4.78, 5) is 7.81. The van der Waals surface area contributed by atoms with Crippen LogP contribution in [0.5, 0.6) is 0 Å². The monoisotopic (exact) mass is 204 g/mol. The molecule has 1 rings (SSSR count). The van der Waals surface area contributed by atoms with Crippen LogP contribution in [0.15, 0.2) is 43.0 Å². The maximum atomic E-state index is 10.5. The number of allylic oxidation sites excluding steroid dienone is 1. The Morgan fingerprint density at radius 2 is 2.13 bits per heavy atom. The van der Waals surface area contributed by atoms with Crippen molar-refractivity contribution in [3.05, 3.63) is 48.6 Å². The van der Waals surface area contributed by atoms with Crippen LogP contribution < -0.4 is 0 Å². The van der Waals surface area contributed by atoms with Crippen molar-refractivity contribution in [2.45, 2.75) is 25.9 Å². The summed E-state index contributed by atoms with van der Waals surface area (Å²) in [6.45, 7) is 7.67. The SMILES string of the molecule is C=C(C=CC)C(O)(CC)c1cncnc1. The van der Waals surface area contributed by atoms with E-state index in [9.17, 15) is 5.11 Å². The van der Waals surface area contributed by atoms with Crippen molar-refractivity contribution in [1.29, 1.82) is 0 Å². The maximum Gasteiger partial charge on any atom is 0.117 e. The van der Waals surface area contributed by atoms with Gasteiger partial charge in [0, 0.05) is 18.0 Å². The van der Waals surface area contributed by atoms with Crippen LogP contribution >= 0.6 is 0 Å². The van der Waals surface area contributed by atoms with Crippen molar-refractivity contribution in [2.24, 2.45) is 0 Å². The second kappa shape index (κ2) is 4.84. The van der Waals surface area contributed by atoms with E-state index < -0.39 is 5.60 Å². The molecule has 1 unspecified atom stereocenters. The van der Waals surface area contributed by atoms with Gasteiger partial charge in [-0.25, -0.2) is 9.97 Å². The average Bonchev–Trinajstić information content (AvgIpc) is 2.29. The summed E-state index contributed by atoms with van der Waals surface area (Å²) in [7, 11) is 0. The van der Waals surface area contributed by atoms with Gasteiger partial charge in [0.25, 0.3) is 0 Å². The molecule has 3 nitrogen and oxygen atoms in total. The molecule has 1 aromatic rings. The lowest BCUT2D eigenvalue weighted by Crippen LogP contribution is -2.26. The van der Waals surface area contributed by atoms with E-state index in [0.717, 1.165) is 0 Å². The molecule has 1 aromatic heterocycles. The molecule has 0 saturated carbocycles. The first-order valence-corrected chi connectivity index (χ1v) is 4.95. The van der Waals surface area contributed by atoms with Crippen LogP contribution in [0, 0.1) is 0 Å². The molecule has 0 amide bonds. The number of aromatic nitrogens is 2. The molecule has 0 aliphatic rings. The Morgan fingerprint density at radius 3 is 2.60 bits per heavy atom. The van der Waals surface area contributed by atoms with Gasteiger partial charge < -0.3 is 5.11 Å². The molecule has 0 spiro atoms. The van der Waals surface area contributed by atoms with Crippen LogP contribution in [-0.4, -0.2) is 15.1 Å². The summed E-state index contributed by atoms with van der Waals surface area (Å²) in [5.74, 6) is 0. The summed E-state index contributed by atoms with van der Waals surface area (Å²) in [6, 6.07) is 0. The van der Waals surface area contributed by atoms with Crippen LogP contribution in [0.1, 0.15) is 25.8 Å². The minimum atomic E-state index is -1.06. The molecular weight excluding hydrogens is 188 g/mol. The molecule has 1 N–H and O–H groups in total. The van der Waals surface area contributed by atoms with Crippen molar-refractivity contribution in [3.8, 4) is 0 Å². The third-order valence-corrected chi connectivity index (χ3v) is 2.45. The standard InChI is InChI=1S/C12H16N2O/c1-4-6-10(3)12(15,5-2)11-7-13-9-14-8-11/h4,6-9,15H,3,5H2,1-2H3. The number of aliphatic hydroxyl groups is 1. The first-order valence-electron chi connectivity index (χ1n) is 4.95. The Morgan fingerprint density at radius 1 is 1.53 bits per heavy atom. The second-order valence-electron chi connectivity index (χ2n) is 3.37. The highest BCUT2D eigenvalue weighted by molar-refractivity contribution is 5.33. The minimum Gasteiger partial charge on any atom is -0.380 e. The lowest BCUT2D eigenvalue weighted by molar-refractivity contribution is 0.0754. The van der Waals surface area contributed by atoms with Gasteiger partial charge in [-0.2, -0.15) is 0 Å². The van der Waals surface area contributed by atoms with Crippen molar-refractivity contribution in [1.82, 2.24) is 9.97 Å². The van der Waals surface area contributed by atoms with Gasteiger partial charge in [-0.3, -0.25) is 0 Å². The zero-order chi connectivity index (χ0) is 11.3. The van der Waals surface area contributed by atoms with Gasteiger partial charge in [-0.1, -0.05) is 25.7 Å². The van der Waals surface area contributed by atoms with E-state index in [2.05, 4.69) is 16.5 Å². The van der Waals surface area contributed by atoms with Gasteiger partial charge in [0.1, 0.15) is 11.9 Å². The molecule has 0 aliphatic heterocycles. The molecule has 0 aromatic carbocycles. The normalized spacial score (nSPS) is 15.1. The fourth-order valence-corrected chi connectivity index (χ4v) is 1.47. The Kier molecular flexibility index (Phi) is 3.74. The van der Waals surface area contributed by atoms with Gasteiger partial charge in [-0.05, 0) is 18.9 Å². The largest absolute Gasteiger partial charge is 0.380 e. The van der Waals surface area contributed by atoms with E-state index >= 15 is 0 Å². The molecule has 0 bridgehead atoms. The Labute approximate surface area is 90.2 Å². The minimum absolute atomic E-state index is 0.545. The first kappa shape index (κ1) is 11.6. The number of hydrogen-bond donors (Lipinski definition) is 1. The summed E-state index contributed by atoms with van der Waals surface area (Å²) in [5, 5.41) is 10.5. The van der Waals surface area contributed by atoms with E-state index in [1.54, 1.807) is 18.5 Å². The zero-order valence-electron chi connectivity index (χ0n) is 9.14. The number of hydrogen-bond acceptors (Lipinski definition) is 3. The Balaban J connectivity index is 3.11. The van der Waals surface area contributed by atoms with Gasteiger partial charge in [-0.15, -0.1) is 0 Å². The van der Waals surface area contributed by atoms with Crippen LogP contribution in [0.2, 0.25) is 0 Å². The summed E-state index contributed by atoms with van der Waals surface area (Å²) in [5.41, 5.74) is 0.270. The topological polar surface area (TPSA) is 46.0 Å². The number of rotatable bonds is 4. The molecule has 0 aliphatic carbocycles. The highest BCUT2D eigenvalue weighted by atomic mass is 16.3. The van der Waals surface area contributed by atoms with E-state index in [-0.39, 0.29) is 0 Å². The highest BCUT2D eigenvalue weighted by Gasteiger charge is 2.29. The molecular formula is C12H16N2O. The van der Waals surface area contributed by atoms with Crippen molar-refractivity contribution in [2.75, 3.05) is 0 Å². The second-order valence-corrected chi connectivity index (χ2v) is 3.37. The van der Waals surface area contributed by atoms with E-state index in [0.29, 0.717) is 17.6 Å². The zero-order valence-corrected chi connectivity index (χ0v) is 9.14. The molecule has 15 heavy (non-hydrogen) atoms. The van der Waals surface area contributed by atoms with E-state index in [4.69, 9.17) is 0 Å². The fourth-order valence-electron chi connectivity index (χ4n) is 1.47. The lowest BCUT2D eigenvalue weighted by atomic mass is 9.86. The smallest absolute Gasteiger partial charge is 0.117 e. The van der Waals surface area contributed by atoms with Crippen molar-refractivity contribution in [3.63, 3.8) is 0 Å².